The van der Waals surface area contributed by atoms with Gasteiger partial charge in [0.25, 0.3) is 0 Å². The van der Waals surface area contributed by atoms with E-state index in [0.717, 1.165) is 0 Å². The van der Waals surface area contributed by atoms with Crippen molar-refractivity contribution in [3.05, 3.63) is 0 Å². The minimum absolute atomic E-state index is 0.0289. The van der Waals surface area contributed by atoms with Crippen LogP contribution in [0.15, 0.2) is 0 Å². The SMILES string of the molecule is NCC1CS(=O)(=O)CCN1. The average molecular weight is 164 g/mol. The first-order chi connectivity index (χ1) is 4.64. The van der Waals surface area contributed by atoms with Gasteiger partial charge in [-0.25, -0.2) is 8.42 Å². The summed E-state index contributed by atoms with van der Waals surface area (Å²) in [6.07, 6.45) is 0. The highest BCUT2D eigenvalue weighted by Crippen LogP contribution is 1.98. The summed E-state index contributed by atoms with van der Waals surface area (Å²) in [6.45, 7) is 0.948. The molecule has 5 heteroatoms. The Morgan fingerprint density at radius 2 is 2.30 bits per heavy atom. The Hall–Kier alpha value is -0.130. The Bertz CT molecular complexity index is 200. The van der Waals surface area contributed by atoms with Crippen LogP contribution in [-0.4, -0.2) is 39.1 Å². The molecule has 1 fully saturated rings. The van der Waals surface area contributed by atoms with Gasteiger partial charge in [-0.05, 0) is 0 Å². The summed E-state index contributed by atoms with van der Waals surface area (Å²) >= 11 is 0. The summed E-state index contributed by atoms with van der Waals surface area (Å²) in [5.74, 6) is 0.451. The summed E-state index contributed by atoms with van der Waals surface area (Å²) in [5, 5.41) is 3.02. The summed E-state index contributed by atoms with van der Waals surface area (Å²) in [4.78, 5) is 0. The lowest BCUT2D eigenvalue weighted by Crippen LogP contribution is -2.48. The third-order valence-corrected chi connectivity index (χ3v) is 3.32. The van der Waals surface area contributed by atoms with E-state index in [-0.39, 0.29) is 17.5 Å². The van der Waals surface area contributed by atoms with Gasteiger partial charge in [0.1, 0.15) is 0 Å². The largest absolute Gasteiger partial charge is 0.329 e. The molecule has 10 heavy (non-hydrogen) atoms. The second kappa shape index (κ2) is 2.86. The van der Waals surface area contributed by atoms with Crippen LogP contribution in [0.3, 0.4) is 0 Å². The molecule has 0 aliphatic carbocycles. The summed E-state index contributed by atoms with van der Waals surface area (Å²) in [6, 6.07) is -0.0289. The molecule has 1 unspecified atom stereocenters. The molecule has 60 valence electrons. The fourth-order valence-electron chi connectivity index (χ4n) is 1.02. The Labute approximate surface area is 60.7 Å². The number of hydrogen-bond donors (Lipinski definition) is 2. The number of rotatable bonds is 1. The van der Waals surface area contributed by atoms with E-state index in [2.05, 4.69) is 5.32 Å². The fraction of sp³-hybridized carbons (Fsp3) is 1.00. The van der Waals surface area contributed by atoms with Crippen LogP contribution in [0.25, 0.3) is 0 Å². The zero-order valence-electron chi connectivity index (χ0n) is 5.71. The molecule has 0 saturated carbocycles. The standard InChI is InChI=1S/C5H12N2O2S/c6-3-5-4-10(8,9)2-1-7-5/h5,7H,1-4,6H2. The Kier molecular flexibility index (Phi) is 2.28. The minimum Gasteiger partial charge on any atom is -0.329 e. The third-order valence-electron chi connectivity index (χ3n) is 1.59. The molecule has 0 amide bonds. The van der Waals surface area contributed by atoms with Crippen LogP contribution in [0.4, 0.5) is 0 Å². The molecule has 0 bridgehead atoms. The molecule has 0 spiro atoms. The van der Waals surface area contributed by atoms with Crippen LogP contribution in [-0.2, 0) is 9.84 Å². The molecule has 1 saturated heterocycles. The van der Waals surface area contributed by atoms with Crippen LogP contribution in [0.5, 0.6) is 0 Å². The lowest BCUT2D eigenvalue weighted by atomic mass is 10.3. The van der Waals surface area contributed by atoms with Crippen LogP contribution in [0, 0.1) is 0 Å². The van der Waals surface area contributed by atoms with Gasteiger partial charge in [-0.1, -0.05) is 0 Å². The van der Waals surface area contributed by atoms with Gasteiger partial charge in [0.05, 0.1) is 11.5 Å². The smallest absolute Gasteiger partial charge is 0.153 e. The Morgan fingerprint density at radius 1 is 1.60 bits per heavy atom. The molecule has 0 aromatic heterocycles. The normalized spacial score (nSPS) is 31.9. The minimum atomic E-state index is -2.79. The molecule has 0 radical (unpaired) electrons. The zero-order valence-corrected chi connectivity index (χ0v) is 6.52. The molecule has 1 aliphatic heterocycles. The van der Waals surface area contributed by atoms with Crippen molar-refractivity contribution in [1.29, 1.82) is 0 Å². The Balaban J connectivity index is 2.56. The maximum atomic E-state index is 10.9. The van der Waals surface area contributed by atoms with Gasteiger partial charge in [0.2, 0.25) is 0 Å². The van der Waals surface area contributed by atoms with Gasteiger partial charge in [-0.3, -0.25) is 0 Å². The summed E-state index contributed by atoms with van der Waals surface area (Å²) in [5.41, 5.74) is 5.30. The van der Waals surface area contributed by atoms with E-state index in [9.17, 15) is 8.42 Å². The molecular formula is C5H12N2O2S. The topological polar surface area (TPSA) is 72.2 Å². The number of nitrogens with one attached hydrogen (secondary N) is 1. The van der Waals surface area contributed by atoms with Crippen molar-refractivity contribution in [2.75, 3.05) is 24.6 Å². The van der Waals surface area contributed by atoms with E-state index < -0.39 is 9.84 Å². The monoisotopic (exact) mass is 164 g/mol. The van der Waals surface area contributed by atoms with Crippen molar-refractivity contribution in [3.8, 4) is 0 Å². The first-order valence-electron chi connectivity index (χ1n) is 3.28. The lowest BCUT2D eigenvalue weighted by Gasteiger charge is -2.21. The van der Waals surface area contributed by atoms with Gasteiger partial charge < -0.3 is 11.1 Å². The van der Waals surface area contributed by atoms with E-state index in [0.29, 0.717) is 13.1 Å². The summed E-state index contributed by atoms with van der Waals surface area (Å²) < 4.78 is 21.8. The van der Waals surface area contributed by atoms with Gasteiger partial charge in [-0.2, -0.15) is 0 Å². The van der Waals surface area contributed by atoms with Crippen LogP contribution >= 0.6 is 0 Å². The number of sulfone groups is 1. The van der Waals surface area contributed by atoms with E-state index in [1.54, 1.807) is 0 Å². The second-order valence-corrected chi connectivity index (χ2v) is 4.73. The van der Waals surface area contributed by atoms with Crippen molar-refractivity contribution in [2.45, 2.75) is 6.04 Å². The molecular weight excluding hydrogens is 152 g/mol. The van der Waals surface area contributed by atoms with Crippen LogP contribution < -0.4 is 11.1 Å². The van der Waals surface area contributed by atoms with Crippen LogP contribution in [0.1, 0.15) is 0 Å². The van der Waals surface area contributed by atoms with Crippen molar-refractivity contribution in [3.63, 3.8) is 0 Å². The highest BCUT2D eigenvalue weighted by atomic mass is 32.2. The average Bonchev–Trinajstić information content (AvgIpc) is 1.86. The van der Waals surface area contributed by atoms with Crippen molar-refractivity contribution in [2.24, 2.45) is 5.73 Å². The number of nitrogens with two attached hydrogens (primary N) is 1. The van der Waals surface area contributed by atoms with Gasteiger partial charge in [-0.15, -0.1) is 0 Å². The van der Waals surface area contributed by atoms with E-state index in [1.165, 1.54) is 0 Å². The van der Waals surface area contributed by atoms with Gasteiger partial charge >= 0.3 is 0 Å². The van der Waals surface area contributed by atoms with E-state index >= 15 is 0 Å². The van der Waals surface area contributed by atoms with Crippen molar-refractivity contribution >= 4 is 9.84 Å². The highest BCUT2D eigenvalue weighted by Gasteiger charge is 2.22. The third kappa shape index (κ3) is 1.93. The maximum absolute atomic E-state index is 10.9. The zero-order chi connectivity index (χ0) is 7.61. The van der Waals surface area contributed by atoms with Crippen LogP contribution in [0.2, 0.25) is 0 Å². The molecule has 1 atom stereocenters. The quantitative estimate of drug-likeness (QED) is 0.486. The molecule has 1 heterocycles. The fourth-order valence-corrected chi connectivity index (χ4v) is 2.48. The molecule has 1 rings (SSSR count). The van der Waals surface area contributed by atoms with E-state index in [4.69, 9.17) is 5.73 Å². The molecule has 1 aliphatic rings. The lowest BCUT2D eigenvalue weighted by molar-refractivity contribution is 0.522. The molecule has 4 nitrogen and oxygen atoms in total. The molecule has 3 N–H and O–H groups in total. The van der Waals surface area contributed by atoms with Gasteiger partial charge in [0, 0.05) is 19.1 Å². The predicted octanol–water partition coefficient (Wildman–Crippen LogP) is -1.67. The molecule has 0 aromatic carbocycles. The first kappa shape index (κ1) is 7.97. The Morgan fingerprint density at radius 3 is 2.70 bits per heavy atom. The molecule has 0 aromatic rings. The predicted molar refractivity (Wildman–Crippen MR) is 39.5 cm³/mol. The summed E-state index contributed by atoms with van der Waals surface area (Å²) in [7, 11) is -2.79. The first-order valence-corrected chi connectivity index (χ1v) is 5.10. The van der Waals surface area contributed by atoms with Crippen molar-refractivity contribution < 1.29 is 8.42 Å². The van der Waals surface area contributed by atoms with E-state index in [1.807, 2.05) is 0 Å². The number of hydrogen-bond acceptors (Lipinski definition) is 4. The maximum Gasteiger partial charge on any atom is 0.153 e. The van der Waals surface area contributed by atoms with Gasteiger partial charge in [0.15, 0.2) is 9.84 Å². The van der Waals surface area contributed by atoms with Crippen molar-refractivity contribution in [1.82, 2.24) is 5.32 Å². The highest BCUT2D eigenvalue weighted by molar-refractivity contribution is 7.91. The second-order valence-electron chi connectivity index (χ2n) is 2.50.